The zero-order valence-corrected chi connectivity index (χ0v) is 9.62. The van der Waals surface area contributed by atoms with E-state index in [-0.39, 0.29) is 23.8 Å². The molecule has 0 aromatic heterocycles. The average Bonchev–Trinajstić information content (AvgIpc) is 2.26. The molecule has 0 radical (unpaired) electrons. The van der Waals surface area contributed by atoms with Crippen molar-refractivity contribution in [3.05, 3.63) is 35.7 Å². The third kappa shape index (κ3) is 4.48. The topological polar surface area (TPSA) is 38.3 Å². The van der Waals surface area contributed by atoms with Crippen molar-refractivity contribution in [2.24, 2.45) is 0 Å². The van der Waals surface area contributed by atoms with Gasteiger partial charge in [-0.25, -0.2) is 4.39 Å². The van der Waals surface area contributed by atoms with Crippen LogP contribution >= 0.6 is 0 Å². The predicted octanol–water partition coefficient (Wildman–Crippen LogP) is 2.58. The fourth-order valence-electron chi connectivity index (χ4n) is 1.26. The van der Waals surface area contributed by atoms with Crippen LogP contribution < -0.4 is 10.1 Å². The number of carbonyl (C=O) groups is 1. The second-order valence-electron chi connectivity index (χ2n) is 3.37. The first-order chi connectivity index (χ1) is 8.50. The molecule has 1 N–H and O–H groups in total. The summed E-state index contributed by atoms with van der Waals surface area (Å²) in [6.45, 7) is -1.51. The SMILES string of the molecule is CC(=O)NCC=Cc1c(F)cccc1OC(F)F. The molecule has 0 unspecified atom stereocenters. The summed E-state index contributed by atoms with van der Waals surface area (Å²) in [7, 11) is 0. The molecule has 1 rings (SSSR count). The first-order valence-electron chi connectivity index (χ1n) is 5.15. The highest BCUT2D eigenvalue weighted by Crippen LogP contribution is 2.24. The number of amides is 1. The molecule has 18 heavy (non-hydrogen) atoms. The molecule has 0 atom stereocenters. The van der Waals surface area contributed by atoms with Crippen molar-refractivity contribution in [2.75, 3.05) is 6.54 Å². The third-order valence-electron chi connectivity index (χ3n) is 1.98. The van der Waals surface area contributed by atoms with Crippen LogP contribution in [0.3, 0.4) is 0 Å². The number of carbonyl (C=O) groups excluding carboxylic acids is 1. The van der Waals surface area contributed by atoms with E-state index < -0.39 is 12.4 Å². The Hall–Kier alpha value is -1.98. The highest BCUT2D eigenvalue weighted by Gasteiger charge is 2.11. The molecular weight excluding hydrogens is 247 g/mol. The minimum absolute atomic E-state index is 0.0804. The van der Waals surface area contributed by atoms with Crippen LogP contribution in [0.4, 0.5) is 13.2 Å². The molecule has 0 aliphatic carbocycles. The van der Waals surface area contributed by atoms with Crippen molar-refractivity contribution in [3.63, 3.8) is 0 Å². The molecule has 0 bridgehead atoms. The van der Waals surface area contributed by atoms with Crippen LogP contribution in [0.2, 0.25) is 0 Å². The van der Waals surface area contributed by atoms with Gasteiger partial charge in [0.2, 0.25) is 5.91 Å². The lowest BCUT2D eigenvalue weighted by Gasteiger charge is -2.08. The normalized spacial score (nSPS) is 10.9. The lowest BCUT2D eigenvalue weighted by Crippen LogP contribution is -2.19. The molecule has 6 heteroatoms. The predicted molar refractivity (Wildman–Crippen MR) is 60.7 cm³/mol. The molecule has 1 aromatic rings. The van der Waals surface area contributed by atoms with Crippen LogP contribution in [0.1, 0.15) is 12.5 Å². The van der Waals surface area contributed by atoms with E-state index in [4.69, 9.17) is 0 Å². The molecule has 0 aliphatic heterocycles. The zero-order chi connectivity index (χ0) is 13.5. The van der Waals surface area contributed by atoms with Gasteiger partial charge < -0.3 is 10.1 Å². The van der Waals surface area contributed by atoms with E-state index in [1.807, 2.05) is 0 Å². The van der Waals surface area contributed by atoms with Gasteiger partial charge in [-0.3, -0.25) is 4.79 Å². The number of hydrogen-bond acceptors (Lipinski definition) is 2. The van der Waals surface area contributed by atoms with Gasteiger partial charge in [0.1, 0.15) is 11.6 Å². The molecule has 98 valence electrons. The maximum Gasteiger partial charge on any atom is 0.387 e. The van der Waals surface area contributed by atoms with E-state index in [2.05, 4.69) is 10.1 Å². The first kappa shape index (κ1) is 14.1. The molecule has 0 spiro atoms. The monoisotopic (exact) mass is 259 g/mol. The van der Waals surface area contributed by atoms with Crippen LogP contribution in [0.25, 0.3) is 6.08 Å². The number of halogens is 3. The smallest absolute Gasteiger partial charge is 0.387 e. The molecule has 3 nitrogen and oxygen atoms in total. The fraction of sp³-hybridized carbons (Fsp3) is 0.250. The maximum atomic E-state index is 13.4. The standard InChI is InChI=1S/C12H12F3NO2/c1-8(17)16-7-3-4-9-10(13)5-2-6-11(9)18-12(14)15/h2-6,12H,7H2,1H3,(H,16,17). The summed E-state index contributed by atoms with van der Waals surface area (Å²) in [6, 6.07) is 3.65. The quantitative estimate of drug-likeness (QED) is 0.882. The van der Waals surface area contributed by atoms with Crippen LogP contribution in [-0.2, 0) is 4.79 Å². The summed E-state index contributed by atoms with van der Waals surface area (Å²) in [5.41, 5.74) is -0.0804. The molecule has 0 aliphatic rings. The van der Waals surface area contributed by atoms with Crippen molar-refractivity contribution < 1.29 is 22.7 Å². The molecule has 0 fully saturated rings. The summed E-state index contributed by atoms with van der Waals surface area (Å²) < 4.78 is 41.8. The van der Waals surface area contributed by atoms with Crippen LogP contribution in [0.15, 0.2) is 24.3 Å². The van der Waals surface area contributed by atoms with Gasteiger partial charge in [0.15, 0.2) is 0 Å². The molecule has 1 aromatic carbocycles. The minimum Gasteiger partial charge on any atom is -0.434 e. The lowest BCUT2D eigenvalue weighted by atomic mass is 10.1. The Labute approximate surface area is 102 Å². The Kier molecular flexibility index (Phi) is 5.23. The van der Waals surface area contributed by atoms with Crippen molar-refractivity contribution in [1.82, 2.24) is 5.32 Å². The van der Waals surface area contributed by atoms with Crippen LogP contribution in [0, 0.1) is 5.82 Å². The Bertz CT molecular complexity index is 447. The zero-order valence-electron chi connectivity index (χ0n) is 9.62. The van der Waals surface area contributed by atoms with Crippen molar-refractivity contribution in [2.45, 2.75) is 13.5 Å². The molecule has 1 amide bonds. The van der Waals surface area contributed by atoms with E-state index >= 15 is 0 Å². The van der Waals surface area contributed by atoms with Gasteiger partial charge in [-0.15, -0.1) is 0 Å². The van der Waals surface area contributed by atoms with Crippen molar-refractivity contribution in [1.29, 1.82) is 0 Å². The molecule has 0 heterocycles. The Morgan fingerprint density at radius 1 is 1.50 bits per heavy atom. The number of hydrogen-bond donors (Lipinski definition) is 1. The van der Waals surface area contributed by atoms with Gasteiger partial charge in [-0.1, -0.05) is 18.2 Å². The Morgan fingerprint density at radius 3 is 2.83 bits per heavy atom. The van der Waals surface area contributed by atoms with E-state index in [1.165, 1.54) is 31.2 Å². The molecule has 0 saturated carbocycles. The van der Waals surface area contributed by atoms with Gasteiger partial charge in [-0.05, 0) is 12.1 Å². The second kappa shape index (κ2) is 6.68. The number of benzene rings is 1. The summed E-state index contributed by atoms with van der Waals surface area (Å²) in [4.78, 5) is 10.6. The Balaban J connectivity index is 2.82. The van der Waals surface area contributed by atoms with Crippen molar-refractivity contribution >= 4 is 12.0 Å². The number of nitrogens with one attached hydrogen (secondary N) is 1. The molecular formula is C12H12F3NO2. The first-order valence-corrected chi connectivity index (χ1v) is 5.15. The number of ether oxygens (including phenoxy) is 1. The maximum absolute atomic E-state index is 13.4. The van der Waals surface area contributed by atoms with E-state index in [1.54, 1.807) is 0 Å². The van der Waals surface area contributed by atoms with Crippen molar-refractivity contribution in [3.8, 4) is 5.75 Å². The van der Waals surface area contributed by atoms with Gasteiger partial charge in [0.05, 0.1) is 5.56 Å². The minimum atomic E-state index is -3.02. The van der Waals surface area contributed by atoms with Crippen LogP contribution in [0.5, 0.6) is 5.75 Å². The van der Waals surface area contributed by atoms with Gasteiger partial charge in [0.25, 0.3) is 0 Å². The van der Waals surface area contributed by atoms with E-state index in [0.717, 1.165) is 6.07 Å². The summed E-state index contributed by atoms with van der Waals surface area (Å²) in [6.07, 6.45) is 2.72. The highest BCUT2D eigenvalue weighted by atomic mass is 19.3. The van der Waals surface area contributed by atoms with Crippen LogP contribution in [-0.4, -0.2) is 19.1 Å². The van der Waals surface area contributed by atoms with E-state index in [9.17, 15) is 18.0 Å². The fourth-order valence-corrected chi connectivity index (χ4v) is 1.26. The number of alkyl halides is 2. The lowest BCUT2D eigenvalue weighted by molar-refractivity contribution is -0.118. The van der Waals surface area contributed by atoms with Gasteiger partial charge >= 0.3 is 6.61 Å². The number of rotatable bonds is 5. The van der Waals surface area contributed by atoms with Gasteiger partial charge in [-0.2, -0.15) is 8.78 Å². The largest absolute Gasteiger partial charge is 0.434 e. The summed E-state index contributed by atoms with van der Waals surface area (Å²) in [5.74, 6) is -1.16. The van der Waals surface area contributed by atoms with E-state index in [0.29, 0.717) is 0 Å². The molecule has 0 saturated heterocycles. The van der Waals surface area contributed by atoms with Gasteiger partial charge in [0, 0.05) is 13.5 Å². The third-order valence-corrected chi connectivity index (χ3v) is 1.98. The average molecular weight is 259 g/mol. The Morgan fingerprint density at radius 2 is 2.22 bits per heavy atom. The highest BCUT2D eigenvalue weighted by molar-refractivity contribution is 5.73. The summed E-state index contributed by atoms with van der Waals surface area (Å²) >= 11 is 0. The second-order valence-corrected chi connectivity index (χ2v) is 3.37. The summed E-state index contributed by atoms with van der Waals surface area (Å²) in [5, 5.41) is 2.46.